The van der Waals surface area contributed by atoms with Gasteiger partial charge < -0.3 is 15.0 Å². The smallest absolute Gasteiger partial charge is 0.255 e. The summed E-state index contributed by atoms with van der Waals surface area (Å²) in [6.45, 7) is 2.38. The maximum Gasteiger partial charge on any atom is 0.255 e. The van der Waals surface area contributed by atoms with Crippen molar-refractivity contribution in [1.82, 2.24) is 15.1 Å². The molecule has 2 aliphatic rings. The van der Waals surface area contributed by atoms with Crippen molar-refractivity contribution in [1.29, 1.82) is 0 Å². The second-order valence-electron chi connectivity index (χ2n) is 6.43. The number of ether oxygens (including phenoxy) is 1. The molecule has 1 fully saturated rings. The SMILES string of the molecule is COc1ccc2c(c1)CCN2C(=O)C1(n2cccn2)CCNCC1. The lowest BCUT2D eigenvalue weighted by Crippen LogP contribution is -2.55. The predicted octanol–water partition coefficient (Wildman–Crippen LogP) is 1.56. The average molecular weight is 326 g/mol. The Balaban J connectivity index is 1.70. The summed E-state index contributed by atoms with van der Waals surface area (Å²) < 4.78 is 7.16. The van der Waals surface area contributed by atoms with Crippen LogP contribution in [0.15, 0.2) is 36.7 Å². The third kappa shape index (κ3) is 2.29. The van der Waals surface area contributed by atoms with Crippen LogP contribution in [0, 0.1) is 0 Å². The Hall–Kier alpha value is -2.34. The zero-order chi connectivity index (χ0) is 16.6. The topological polar surface area (TPSA) is 59.4 Å². The molecule has 0 aliphatic carbocycles. The molecule has 0 atom stereocenters. The van der Waals surface area contributed by atoms with Crippen LogP contribution >= 0.6 is 0 Å². The van der Waals surface area contributed by atoms with Crippen LogP contribution in [-0.2, 0) is 16.8 Å². The quantitative estimate of drug-likeness (QED) is 0.930. The van der Waals surface area contributed by atoms with E-state index in [1.165, 1.54) is 5.56 Å². The van der Waals surface area contributed by atoms with Crippen molar-refractivity contribution in [2.45, 2.75) is 24.8 Å². The second kappa shape index (κ2) is 5.94. The summed E-state index contributed by atoms with van der Waals surface area (Å²) in [5.74, 6) is 0.989. The molecule has 4 rings (SSSR count). The molecule has 126 valence electrons. The second-order valence-corrected chi connectivity index (χ2v) is 6.43. The number of hydrogen-bond donors (Lipinski definition) is 1. The van der Waals surface area contributed by atoms with Crippen molar-refractivity contribution in [3.63, 3.8) is 0 Å². The highest BCUT2D eigenvalue weighted by molar-refractivity contribution is 6.00. The highest BCUT2D eigenvalue weighted by Gasteiger charge is 2.46. The first-order chi connectivity index (χ1) is 11.7. The Morgan fingerprint density at radius 2 is 2.17 bits per heavy atom. The number of carbonyl (C=O) groups is 1. The summed E-state index contributed by atoms with van der Waals surface area (Å²) in [4.78, 5) is 15.5. The molecule has 6 heteroatoms. The van der Waals surface area contributed by atoms with E-state index in [0.717, 1.165) is 50.3 Å². The van der Waals surface area contributed by atoms with Gasteiger partial charge in [0.15, 0.2) is 0 Å². The fraction of sp³-hybridized carbons (Fsp3) is 0.444. The third-order valence-corrected chi connectivity index (χ3v) is 5.20. The number of amides is 1. The number of fused-ring (bicyclic) bond motifs is 1. The molecule has 1 amide bonds. The summed E-state index contributed by atoms with van der Waals surface area (Å²) >= 11 is 0. The monoisotopic (exact) mass is 326 g/mol. The largest absolute Gasteiger partial charge is 0.497 e. The van der Waals surface area contributed by atoms with E-state index in [9.17, 15) is 4.79 Å². The molecular weight excluding hydrogens is 304 g/mol. The normalized spacial score (nSPS) is 19.1. The molecule has 6 nitrogen and oxygen atoms in total. The van der Waals surface area contributed by atoms with E-state index in [1.54, 1.807) is 13.3 Å². The van der Waals surface area contributed by atoms with Crippen molar-refractivity contribution in [3.05, 3.63) is 42.2 Å². The Labute approximate surface area is 141 Å². The van der Waals surface area contributed by atoms with Crippen LogP contribution in [0.2, 0.25) is 0 Å². The number of methoxy groups -OCH3 is 1. The van der Waals surface area contributed by atoms with E-state index in [1.807, 2.05) is 40.0 Å². The van der Waals surface area contributed by atoms with E-state index >= 15 is 0 Å². The third-order valence-electron chi connectivity index (χ3n) is 5.20. The number of hydrogen-bond acceptors (Lipinski definition) is 4. The fourth-order valence-corrected chi connectivity index (χ4v) is 3.87. The molecular formula is C18H22N4O2. The molecule has 24 heavy (non-hydrogen) atoms. The van der Waals surface area contributed by atoms with Gasteiger partial charge in [-0.1, -0.05) is 0 Å². The molecule has 0 radical (unpaired) electrons. The van der Waals surface area contributed by atoms with E-state index in [0.29, 0.717) is 0 Å². The summed E-state index contributed by atoms with van der Waals surface area (Å²) in [5.41, 5.74) is 1.59. The number of nitrogens with one attached hydrogen (secondary N) is 1. The number of carbonyl (C=O) groups excluding carboxylic acids is 1. The number of benzene rings is 1. The first kappa shape index (κ1) is 15.2. The standard InChI is InChI=1S/C18H22N4O2/c1-24-15-3-4-16-14(13-15)5-12-21(16)17(23)18(6-9-19-10-7-18)22-11-2-8-20-22/h2-4,8,11,13,19H,5-7,9-10,12H2,1H3. The van der Waals surface area contributed by atoms with Gasteiger partial charge in [0.2, 0.25) is 0 Å². The lowest BCUT2D eigenvalue weighted by Gasteiger charge is -2.39. The molecule has 2 aliphatic heterocycles. The molecule has 1 aromatic carbocycles. The molecule has 2 aromatic rings. The minimum Gasteiger partial charge on any atom is -0.497 e. The first-order valence-electron chi connectivity index (χ1n) is 8.44. The number of piperidine rings is 1. The van der Waals surface area contributed by atoms with E-state index in [2.05, 4.69) is 10.4 Å². The molecule has 1 saturated heterocycles. The fourth-order valence-electron chi connectivity index (χ4n) is 3.87. The van der Waals surface area contributed by atoms with Gasteiger partial charge in [-0.15, -0.1) is 0 Å². The van der Waals surface area contributed by atoms with Crippen molar-refractivity contribution >= 4 is 11.6 Å². The Kier molecular flexibility index (Phi) is 3.76. The maximum absolute atomic E-state index is 13.5. The maximum atomic E-state index is 13.5. The van der Waals surface area contributed by atoms with Crippen molar-refractivity contribution in [2.24, 2.45) is 0 Å². The van der Waals surface area contributed by atoms with Gasteiger partial charge in [-0.05, 0) is 62.2 Å². The van der Waals surface area contributed by atoms with Crippen LogP contribution < -0.4 is 15.0 Å². The molecule has 1 aromatic heterocycles. The van der Waals surface area contributed by atoms with Crippen LogP contribution in [0.25, 0.3) is 0 Å². The Bertz CT molecular complexity index is 735. The lowest BCUT2D eigenvalue weighted by atomic mass is 9.86. The van der Waals surface area contributed by atoms with Crippen LogP contribution in [0.5, 0.6) is 5.75 Å². The molecule has 0 unspecified atom stereocenters. The summed E-state index contributed by atoms with van der Waals surface area (Å²) in [5, 5.41) is 7.76. The zero-order valence-corrected chi connectivity index (χ0v) is 13.9. The van der Waals surface area contributed by atoms with E-state index in [-0.39, 0.29) is 5.91 Å². The van der Waals surface area contributed by atoms with Gasteiger partial charge in [-0.3, -0.25) is 9.48 Å². The van der Waals surface area contributed by atoms with Crippen LogP contribution in [0.3, 0.4) is 0 Å². The molecule has 0 bridgehead atoms. The van der Waals surface area contributed by atoms with Gasteiger partial charge in [0.1, 0.15) is 11.3 Å². The number of aromatic nitrogens is 2. The highest BCUT2D eigenvalue weighted by Crippen LogP contribution is 2.37. The van der Waals surface area contributed by atoms with Crippen LogP contribution in [-0.4, -0.2) is 42.4 Å². The minimum absolute atomic E-state index is 0.150. The van der Waals surface area contributed by atoms with Crippen molar-refractivity contribution in [2.75, 3.05) is 31.6 Å². The molecule has 0 saturated carbocycles. The predicted molar refractivity (Wildman–Crippen MR) is 91.4 cm³/mol. The Morgan fingerprint density at radius 1 is 1.33 bits per heavy atom. The molecule has 0 spiro atoms. The summed E-state index contributed by atoms with van der Waals surface area (Å²) in [6, 6.07) is 7.84. The number of nitrogens with zero attached hydrogens (tertiary/aromatic N) is 3. The summed E-state index contributed by atoms with van der Waals surface area (Å²) in [6.07, 6.45) is 6.05. The average Bonchev–Trinajstić information content (AvgIpc) is 3.31. The minimum atomic E-state index is -0.587. The van der Waals surface area contributed by atoms with E-state index in [4.69, 9.17) is 4.74 Å². The van der Waals surface area contributed by atoms with Gasteiger partial charge in [-0.2, -0.15) is 5.10 Å². The first-order valence-corrected chi connectivity index (χ1v) is 8.44. The zero-order valence-electron chi connectivity index (χ0n) is 13.9. The van der Waals surface area contributed by atoms with Gasteiger partial charge in [0, 0.05) is 24.6 Å². The highest BCUT2D eigenvalue weighted by atomic mass is 16.5. The number of rotatable bonds is 3. The summed E-state index contributed by atoms with van der Waals surface area (Å²) in [7, 11) is 1.67. The molecule has 1 N–H and O–H groups in total. The Morgan fingerprint density at radius 3 is 2.88 bits per heavy atom. The van der Waals surface area contributed by atoms with Gasteiger partial charge >= 0.3 is 0 Å². The van der Waals surface area contributed by atoms with Crippen molar-refractivity contribution < 1.29 is 9.53 Å². The van der Waals surface area contributed by atoms with Crippen molar-refractivity contribution in [3.8, 4) is 5.75 Å². The van der Waals surface area contributed by atoms with Crippen LogP contribution in [0.4, 0.5) is 5.69 Å². The number of anilines is 1. The van der Waals surface area contributed by atoms with Gasteiger partial charge in [-0.25, -0.2) is 0 Å². The van der Waals surface area contributed by atoms with E-state index < -0.39 is 5.54 Å². The van der Waals surface area contributed by atoms with Gasteiger partial charge in [0.05, 0.1) is 7.11 Å². The molecule has 3 heterocycles. The van der Waals surface area contributed by atoms with Crippen LogP contribution in [0.1, 0.15) is 18.4 Å². The van der Waals surface area contributed by atoms with Gasteiger partial charge in [0.25, 0.3) is 5.91 Å². The lowest BCUT2D eigenvalue weighted by molar-refractivity contribution is -0.129.